The standard InChI is InChI=1S/C42H53BN2O/c1-2-12-27-24(8-1)9-5-14-31(27)43-32-21-19-26-11-7-16-35-40(26)41(32)45(42-29-20-18-25-10-6-15-34(39(25)29)44(35)42)36-22-30-28-13-3-4-17-37(28)46-38(30)23-33(36)43/h1-2,5,8-9,12,14,25-26,28,30,32-41H,3-4,6-7,10-11,13,15-23H2. The van der Waals surface area contributed by atoms with E-state index < -0.39 is 0 Å². The van der Waals surface area contributed by atoms with Crippen LogP contribution in [0.4, 0.5) is 0 Å². The van der Waals surface area contributed by atoms with Crippen LogP contribution in [0.1, 0.15) is 103 Å². The predicted molar refractivity (Wildman–Crippen MR) is 186 cm³/mol. The second kappa shape index (κ2) is 9.83. The fraction of sp³-hybridized carbons (Fsp3) is 0.714. The Morgan fingerprint density at radius 3 is 2.48 bits per heavy atom. The second-order valence-electron chi connectivity index (χ2n) is 18.2. The maximum absolute atomic E-state index is 7.16. The van der Waals surface area contributed by atoms with Crippen molar-refractivity contribution < 1.29 is 4.74 Å². The Balaban J connectivity index is 1.07. The number of rotatable bonds is 1. The number of ether oxygens (including phenoxy) is 1. The molecule has 10 aliphatic rings. The fourth-order valence-electron chi connectivity index (χ4n) is 15.7. The van der Waals surface area contributed by atoms with E-state index in [4.69, 9.17) is 4.74 Å². The van der Waals surface area contributed by atoms with Gasteiger partial charge in [-0.25, -0.2) is 0 Å². The van der Waals surface area contributed by atoms with E-state index in [9.17, 15) is 0 Å². The second-order valence-corrected chi connectivity index (χ2v) is 18.2. The average molecular weight is 613 g/mol. The van der Waals surface area contributed by atoms with Crippen molar-refractivity contribution in [3.8, 4) is 0 Å². The number of hydrogen-bond acceptors (Lipinski definition) is 3. The first kappa shape index (κ1) is 27.0. The highest BCUT2D eigenvalue weighted by molar-refractivity contribution is 6.78. The van der Waals surface area contributed by atoms with Crippen molar-refractivity contribution in [3.63, 3.8) is 0 Å². The summed E-state index contributed by atoms with van der Waals surface area (Å²) in [5.74, 6) is 8.70. The molecule has 3 nitrogen and oxygen atoms in total. The van der Waals surface area contributed by atoms with E-state index in [0.29, 0.717) is 30.8 Å². The summed E-state index contributed by atoms with van der Waals surface area (Å²) in [4.78, 5) is 6.59. The molecule has 6 aliphatic carbocycles. The van der Waals surface area contributed by atoms with E-state index >= 15 is 0 Å². The van der Waals surface area contributed by atoms with Crippen molar-refractivity contribution >= 4 is 22.9 Å². The minimum absolute atomic E-state index is 0.503. The van der Waals surface area contributed by atoms with Gasteiger partial charge in [0.05, 0.1) is 12.2 Å². The molecule has 4 aliphatic heterocycles. The summed E-state index contributed by atoms with van der Waals surface area (Å²) in [7, 11) is 0. The van der Waals surface area contributed by atoms with Crippen LogP contribution < -0.4 is 5.46 Å². The van der Waals surface area contributed by atoms with Gasteiger partial charge in [-0.1, -0.05) is 86.5 Å². The third kappa shape index (κ3) is 3.42. The van der Waals surface area contributed by atoms with Crippen molar-refractivity contribution in [2.75, 3.05) is 0 Å². The van der Waals surface area contributed by atoms with Gasteiger partial charge in [-0.05, 0) is 116 Å². The van der Waals surface area contributed by atoms with Gasteiger partial charge in [-0.2, -0.15) is 0 Å². The van der Waals surface area contributed by atoms with Gasteiger partial charge in [0.1, 0.15) is 5.82 Å². The van der Waals surface area contributed by atoms with Gasteiger partial charge in [-0.15, -0.1) is 0 Å². The Morgan fingerprint density at radius 1 is 0.630 bits per heavy atom. The van der Waals surface area contributed by atoms with Gasteiger partial charge >= 0.3 is 0 Å². The van der Waals surface area contributed by atoms with E-state index in [2.05, 4.69) is 52.3 Å². The van der Waals surface area contributed by atoms with Crippen LogP contribution in [0, 0.1) is 35.5 Å². The Labute approximate surface area is 276 Å². The zero-order valence-corrected chi connectivity index (χ0v) is 27.8. The van der Waals surface area contributed by atoms with Crippen LogP contribution in [0.15, 0.2) is 53.9 Å². The minimum atomic E-state index is 0.503. The Hall–Kier alpha value is -1.94. The van der Waals surface area contributed by atoms with Crippen molar-refractivity contribution in [2.24, 2.45) is 35.5 Å². The van der Waals surface area contributed by atoms with E-state index in [-0.39, 0.29) is 0 Å². The lowest BCUT2D eigenvalue weighted by atomic mass is 9.23. The molecule has 240 valence electrons. The molecule has 0 bridgehead atoms. The maximum atomic E-state index is 7.16. The largest absolute Gasteiger partial charge is 0.374 e. The van der Waals surface area contributed by atoms with Crippen molar-refractivity contribution in [3.05, 3.63) is 53.9 Å². The van der Waals surface area contributed by atoms with Crippen LogP contribution in [0.3, 0.4) is 0 Å². The van der Waals surface area contributed by atoms with Crippen molar-refractivity contribution in [1.82, 2.24) is 9.80 Å². The molecule has 0 spiro atoms. The van der Waals surface area contributed by atoms with Crippen LogP contribution in [-0.4, -0.2) is 52.9 Å². The molecule has 4 heteroatoms. The zero-order chi connectivity index (χ0) is 29.7. The molecule has 0 amide bonds. The molecule has 4 heterocycles. The molecule has 0 radical (unpaired) electrons. The molecule has 46 heavy (non-hydrogen) atoms. The minimum Gasteiger partial charge on any atom is -0.374 e. The molecule has 3 saturated heterocycles. The number of fused-ring (bicyclic) bond motifs is 10. The van der Waals surface area contributed by atoms with E-state index in [1.165, 1.54) is 108 Å². The van der Waals surface area contributed by atoms with Crippen molar-refractivity contribution in [2.45, 2.75) is 151 Å². The van der Waals surface area contributed by atoms with Crippen LogP contribution in [0.2, 0.25) is 11.6 Å². The number of hydrogen-bond donors (Lipinski definition) is 0. The molecule has 2 aromatic carbocycles. The monoisotopic (exact) mass is 612 g/mol. The maximum Gasteiger partial charge on any atom is 0.187 e. The summed E-state index contributed by atoms with van der Waals surface area (Å²) in [6.45, 7) is 0.671. The third-order valence-corrected chi connectivity index (χ3v) is 16.9. The van der Waals surface area contributed by atoms with Gasteiger partial charge in [0, 0.05) is 36.0 Å². The number of benzene rings is 2. The topological polar surface area (TPSA) is 15.7 Å². The van der Waals surface area contributed by atoms with Crippen LogP contribution in [0.5, 0.6) is 0 Å². The highest BCUT2D eigenvalue weighted by Crippen LogP contribution is 2.66. The summed E-state index contributed by atoms with van der Waals surface area (Å²) < 4.78 is 7.16. The van der Waals surface area contributed by atoms with E-state index in [1.54, 1.807) is 10.8 Å². The van der Waals surface area contributed by atoms with Gasteiger partial charge in [0.25, 0.3) is 0 Å². The Bertz CT molecular complexity index is 1600. The van der Waals surface area contributed by atoms with Gasteiger partial charge in [0.2, 0.25) is 0 Å². The average Bonchev–Trinajstić information content (AvgIpc) is 3.80. The lowest BCUT2D eigenvalue weighted by molar-refractivity contribution is -0.112. The Kier molecular flexibility index (Phi) is 5.76. The molecule has 0 aromatic heterocycles. The molecule has 9 fully saturated rings. The van der Waals surface area contributed by atoms with E-state index in [0.717, 1.165) is 59.5 Å². The molecule has 6 saturated carbocycles. The molecular weight excluding hydrogens is 559 g/mol. The lowest BCUT2D eigenvalue weighted by Gasteiger charge is -2.69. The van der Waals surface area contributed by atoms with Gasteiger partial charge in [-0.3, -0.25) is 0 Å². The molecule has 0 N–H and O–H groups in total. The van der Waals surface area contributed by atoms with Crippen molar-refractivity contribution in [1.29, 1.82) is 0 Å². The molecule has 14 unspecified atom stereocenters. The SMILES string of the molecule is c1ccc2c(B3C4CC5OC6CCCCC6C5CC4N4C5=C6CCC7CCCC(C67)N5C5CCCC6CCC3C4C65)cccc2c1. The van der Waals surface area contributed by atoms with Gasteiger partial charge in [0.15, 0.2) is 6.71 Å². The third-order valence-electron chi connectivity index (χ3n) is 16.9. The normalized spacial score (nSPS) is 48.0. The zero-order valence-electron chi connectivity index (χ0n) is 27.8. The smallest absolute Gasteiger partial charge is 0.187 e. The fourth-order valence-corrected chi connectivity index (χ4v) is 15.7. The van der Waals surface area contributed by atoms with E-state index in [1.807, 2.05) is 11.4 Å². The first-order valence-corrected chi connectivity index (χ1v) is 20.3. The first-order valence-electron chi connectivity index (χ1n) is 20.3. The van der Waals surface area contributed by atoms with Crippen LogP contribution >= 0.6 is 0 Å². The van der Waals surface area contributed by atoms with Gasteiger partial charge < -0.3 is 14.5 Å². The molecule has 2 aromatic rings. The predicted octanol–water partition coefficient (Wildman–Crippen LogP) is 8.40. The summed E-state index contributed by atoms with van der Waals surface area (Å²) in [6, 6.07) is 19.9. The highest BCUT2D eigenvalue weighted by Gasteiger charge is 2.67. The summed E-state index contributed by atoms with van der Waals surface area (Å²) >= 11 is 0. The highest BCUT2D eigenvalue weighted by atomic mass is 16.5. The quantitative estimate of drug-likeness (QED) is 0.301. The Morgan fingerprint density at radius 2 is 1.50 bits per heavy atom. The molecule has 12 rings (SSSR count). The lowest BCUT2D eigenvalue weighted by Crippen LogP contribution is -2.74. The van der Waals surface area contributed by atoms with Crippen LogP contribution in [0.25, 0.3) is 10.8 Å². The van der Waals surface area contributed by atoms with Crippen LogP contribution in [-0.2, 0) is 4.74 Å². The summed E-state index contributed by atoms with van der Waals surface area (Å²) in [5, 5.41) is 3.01. The molecular formula is C42H53BN2O. The summed E-state index contributed by atoms with van der Waals surface area (Å²) in [5.41, 5.74) is 3.68. The molecule has 14 atom stereocenters. The number of nitrogens with zero attached hydrogens (tertiary/aromatic N) is 2. The summed E-state index contributed by atoms with van der Waals surface area (Å²) in [6.07, 6.45) is 24.1. The first-order chi connectivity index (χ1) is 22.8.